The second kappa shape index (κ2) is 4.48. The van der Waals surface area contributed by atoms with Gasteiger partial charge in [0.2, 0.25) is 0 Å². The van der Waals surface area contributed by atoms with Crippen molar-refractivity contribution in [3.8, 4) is 11.8 Å². The molecule has 0 aromatic rings. The summed E-state index contributed by atoms with van der Waals surface area (Å²) in [6.07, 6.45) is 8.74. The summed E-state index contributed by atoms with van der Waals surface area (Å²) in [7, 11) is 0. The molecule has 5 rings (SSSR count). The normalized spacial score (nSPS) is 53.4. The Morgan fingerprint density at radius 2 is 1.70 bits per heavy atom. The molecule has 1 unspecified atom stereocenters. The van der Waals surface area contributed by atoms with Gasteiger partial charge in [-0.05, 0) is 75.5 Å². The monoisotopic (exact) mass is 336 g/mol. The topological polar surface area (TPSA) is 23.1 Å². The number of hydroxylamine groups is 2. The van der Waals surface area contributed by atoms with Crippen molar-refractivity contribution in [2.45, 2.75) is 62.9 Å². The largest absolute Gasteiger partial charge is 0.131 e. The van der Waals surface area contributed by atoms with E-state index in [4.69, 9.17) is 0 Å². The molecular formula is C17H23BrNO. The maximum atomic E-state index is 13.2. The van der Waals surface area contributed by atoms with Crippen molar-refractivity contribution in [1.29, 1.82) is 0 Å². The van der Waals surface area contributed by atoms with E-state index in [-0.39, 0.29) is 5.54 Å². The molecule has 1 spiro atoms. The highest BCUT2D eigenvalue weighted by Crippen LogP contribution is 2.64. The first kappa shape index (κ1) is 13.6. The van der Waals surface area contributed by atoms with E-state index in [1.807, 2.05) is 0 Å². The highest BCUT2D eigenvalue weighted by molar-refractivity contribution is 9.09. The molecular weight excluding hydrogens is 314 g/mol. The van der Waals surface area contributed by atoms with E-state index in [9.17, 15) is 5.21 Å². The lowest BCUT2D eigenvalue weighted by atomic mass is 9.48. The Balaban J connectivity index is 1.69. The van der Waals surface area contributed by atoms with Crippen molar-refractivity contribution >= 4 is 15.9 Å². The van der Waals surface area contributed by atoms with E-state index in [0.717, 1.165) is 24.7 Å². The van der Waals surface area contributed by atoms with Gasteiger partial charge in [-0.2, -0.15) is 0 Å². The Morgan fingerprint density at radius 1 is 1.10 bits per heavy atom. The Hall–Kier alpha value is -0.0400. The molecule has 0 aromatic heterocycles. The minimum absolute atomic E-state index is 0.0524. The van der Waals surface area contributed by atoms with Crippen molar-refractivity contribution in [2.75, 3.05) is 5.33 Å². The molecule has 20 heavy (non-hydrogen) atoms. The summed E-state index contributed by atoms with van der Waals surface area (Å²) in [4.78, 5) is 0. The molecule has 1 saturated heterocycles. The average Bonchev–Trinajstić information content (AvgIpc) is 2.68. The molecule has 3 heteroatoms. The van der Waals surface area contributed by atoms with Crippen LogP contribution in [0, 0.1) is 35.5 Å². The van der Waals surface area contributed by atoms with Crippen LogP contribution in [0.5, 0.6) is 0 Å². The fourth-order valence-electron chi connectivity index (χ4n) is 6.18. The van der Waals surface area contributed by atoms with Crippen LogP contribution in [-0.2, 0) is 5.21 Å². The van der Waals surface area contributed by atoms with E-state index in [2.05, 4.69) is 34.7 Å². The molecule has 2 nitrogen and oxygen atoms in total. The van der Waals surface area contributed by atoms with Crippen LogP contribution >= 0.6 is 15.9 Å². The molecule has 4 saturated carbocycles. The Bertz CT molecular complexity index is 451. The van der Waals surface area contributed by atoms with Crippen LogP contribution in [0.25, 0.3) is 0 Å². The lowest BCUT2D eigenvalue weighted by molar-refractivity contribution is -0.296. The van der Waals surface area contributed by atoms with Gasteiger partial charge in [-0.25, -0.2) is 0 Å². The number of hydrogen-bond donors (Lipinski definition) is 0. The summed E-state index contributed by atoms with van der Waals surface area (Å²) < 4.78 is 0. The van der Waals surface area contributed by atoms with Crippen molar-refractivity contribution in [3.05, 3.63) is 0 Å². The number of nitrogens with zero attached hydrogens (tertiary/aromatic N) is 1. The maximum Gasteiger partial charge on any atom is 0.107 e. The van der Waals surface area contributed by atoms with Gasteiger partial charge >= 0.3 is 0 Å². The summed E-state index contributed by atoms with van der Waals surface area (Å²) in [5.41, 5.74) is -0.494. The lowest BCUT2D eigenvalue weighted by Gasteiger charge is -2.61. The summed E-state index contributed by atoms with van der Waals surface area (Å²) in [6, 6.07) is 0. The quantitative estimate of drug-likeness (QED) is 0.487. The van der Waals surface area contributed by atoms with Crippen LogP contribution in [0.15, 0.2) is 0 Å². The molecule has 1 heterocycles. The average molecular weight is 337 g/mol. The summed E-state index contributed by atoms with van der Waals surface area (Å²) in [5.74, 6) is 9.52. The zero-order valence-electron chi connectivity index (χ0n) is 12.2. The van der Waals surface area contributed by atoms with E-state index in [1.165, 1.54) is 37.2 Å². The first-order chi connectivity index (χ1) is 9.58. The predicted octanol–water partition coefficient (Wildman–Crippen LogP) is 3.78. The summed E-state index contributed by atoms with van der Waals surface area (Å²) in [6.45, 7) is 2.06. The van der Waals surface area contributed by atoms with Crippen LogP contribution in [0.2, 0.25) is 0 Å². The van der Waals surface area contributed by atoms with Gasteiger partial charge in [-0.15, -0.1) is 10.3 Å². The third kappa shape index (κ3) is 1.65. The highest BCUT2D eigenvalue weighted by atomic mass is 79.9. The number of halogens is 1. The van der Waals surface area contributed by atoms with E-state index >= 15 is 0 Å². The van der Waals surface area contributed by atoms with Gasteiger partial charge in [0.15, 0.2) is 0 Å². The summed E-state index contributed by atoms with van der Waals surface area (Å²) >= 11 is 3.36. The number of alkyl halides is 1. The van der Waals surface area contributed by atoms with Crippen LogP contribution in [0.3, 0.4) is 0 Å². The third-order valence-corrected chi connectivity index (χ3v) is 7.10. The van der Waals surface area contributed by atoms with Gasteiger partial charge in [0, 0.05) is 0 Å². The molecule has 4 bridgehead atoms. The van der Waals surface area contributed by atoms with Crippen molar-refractivity contribution in [1.82, 2.24) is 5.06 Å². The molecule has 1 radical (unpaired) electrons. The zero-order chi connectivity index (χ0) is 14.0. The minimum atomic E-state index is -0.441. The molecule has 0 aromatic carbocycles. The second-order valence-corrected chi connectivity index (χ2v) is 8.36. The number of hydrogen-bond acceptors (Lipinski definition) is 1. The lowest BCUT2D eigenvalue weighted by Crippen LogP contribution is -2.64. The standard InChI is InChI=1S/C17H23BrNO/c1-16(3-2-6-18)4-5-17(19(16)20)14-8-12-7-13(10-14)11-15(17)9-12/h12-15H,4-11H2,1H3. The van der Waals surface area contributed by atoms with E-state index < -0.39 is 5.54 Å². The van der Waals surface area contributed by atoms with Gasteiger partial charge in [0.25, 0.3) is 0 Å². The molecule has 1 atom stereocenters. The fourth-order valence-corrected chi connectivity index (χ4v) is 6.32. The maximum absolute atomic E-state index is 13.2. The minimum Gasteiger partial charge on any atom is -0.131 e. The third-order valence-electron chi connectivity index (χ3n) is 6.82. The van der Waals surface area contributed by atoms with Gasteiger partial charge in [0.1, 0.15) is 5.54 Å². The zero-order valence-corrected chi connectivity index (χ0v) is 13.8. The molecule has 5 aliphatic rings. The first-order valence-electron chi connectivity index (χ1n) is 8.12. The SMILES string of the molecule is CC1(C#CCBr)CCC2(C3CC4CC(C3)CC2C4)N1[O]. The Kier molecular flexibility index (Phi) is 3.05. The molecule has 5 fully saturated rings. The molecule has 0 N–H and O–H groups in total. The van der Waals surface area contributed by atoms with Crippen LogP contribution in [0.4, 0.5) is 0 Å². The van der Waals surface area contributed by atoms with Gasteiger partial charge in [0.05, 0.1) is 10.9 Å². The summed E-state index contributed by atoms with van der Waals surface area (Å²) in [5, 5.41) is 15.4. The van der Waals surface area contributed by atoms with E-state index in [1.54, 1.807) is 0 Å². The van der Waals surface area contributed by atoms with Crippen molar-refractivity contribution in [3.63, 3.8) is 0 Å². The van der Waals surface area contributed by atoms with Gasteiger partial charge in [-0.1, -0.05) is 27.8 Å². The second-order valence-electron chi connectivity index (χ2n) is 7.80. The van der Waals surface area contributed by atoms with Crippen LogP contribution < -0.4 is 0 Å². The van der Waals surface area contributed by atoms with Crippen molar-refractivity contribution < 1.29 is 5.21 Å². The number of rotatable bonds is 0. The molecule has 0 amide bonds. The predicted molar refractivity (Wildman–Crippen MR) is 81.5 cm³/mol. The smallest absolute Gasteiger partial charge is 0.107 e. The first-order valence-corrected chi connectivity index (χ1v) is 9.24. The van der Waals surface area contributed by atoms with Crippen LogP contribution in [0.1, 0.15) is 51.9 Å². The Morgan fingerprint density at radius 3 is 2.25 bits per heavy atom. The fraction of sp³-hybridized carbons (Fsp3) is 0.882. The Labute approximate surface area is 130 Å². The molecule has 109 valence electrons. The molecule has 1 aliphatic heterocycles. The van der Waals surface area contributed by atoms with Gasteiger partial charge in [-0.3, -0.25) is 0 Å². The van der Waals surface area contributed by atoms with Crippen molar-refractivity contribution in [2.24, 2.45) is 23.7 Å². The van der Waals surface area contributed by atoms with Gasteiger partial charge < -0.3 is 0 Å². The highest BCUT2D eigenvalue weighted by Gasteiger charge is 2.65. The van der Waals surface area contributed by atoms with Crippen LogP contribution in [-0.4, -0.2) is 21.5 Å². The molecule has 4 aliphatic carbocycles. The van der Waals surface area contributed by atoms with E-state index in [0.29, 0.717) is 17.2 Å².